The van der Waals surface area contributed by atoms with E-state index < -0.39 is 5.60 Å². The van der Waals surface area contributed by atoms with Crippen molar-refractivity contribution in [3.63, 3.8) is 0 Å². The van der Waals surface area contributed by atoms with Gasteiger partial charge < -0.3 is 15.3 Å². The number of fused-ring (bicyclic) bond motifs is 5. The highest BCUT2D eigenvalue weighted by molar-refractivity contribution is 5.87. The van der Waals surface area contributed by atoms with Crippen LogP contribution in [0.5, 0.6) is 0 Å². The number of ketones is 1. The Kier molecular flexibility index (Phi) is 4.44. The van der Waals surface area contributed by atoms with Crippen molar-refractivity contribution in [2.75, 3.05) is 13.1 Å². The van der Waals surface area contributed by atoms with Gasteiger partial charge in [0.1, 0.15) is 11.9 Å². The van der Waals surface area contributed by atoms with Crippen molar-refractivity contribution in [3.05, 3.63) is 0 Å². The summed E-state index contributed by atoms with van der Waals surface area (Å²) in [4.78, 5) is 18.3. The van der Waals surface area contributed by atoms with Crippen molar-refractivity contribution < 1.29 is 14.7 Å². The molecule has 0 amide bonds. The minimum atomic E-state index is -0.668. The van der Waals surface area contributed by atoms with E-state index in [0.29, 0.717) is 30.0 Å². The molecule has 5 fully saturated rings. The first-order valence-electron chi connectivity index (χ1n) is 11.5. The second-order valence-corrected chi connectivity index (χ2v) is 10.8. The molecule has 1 heterocycles. The molecule has 0 spiro atoms. The van der Waals surface area contributed by atoms with Crippen molar-refractivity contribution in [2.45, 2.75) is 89.8 Å². The molecule has 0 aromatic heterocycles. The van der Waals surface area contributed by atoms with Gasteiger partial charge in [0.05, 0.1) is 11.3 Å². The van der Waals surface area contributed by atoms with Gasteiger partial charge in [-0.2, -0.15) is 0 Å². The molecule has 5 nitrogen and oxygen atoms in total. The van der Waals surface area contributed by atoms with Gasteiger partial charge in [-0.1, -0.05) is 19.0 Å². The first-order chi connectivity index (χ1) is 13.4. The van der Waals surface area contributed by atoms with E-state index in [-0.39, 0.29) is 16.9 Å². The van der Waals surface area contributed by atoms with Crippen LogP contribution in [-0.2, 0) is 9.63 Å². The molecule has 0 radical (unpaired) electrons. The van der Waals surface area contributed by atoms with Crippen LogP contribution in [-0.4, -0.2) is 41.4 Å². The summed E-state index contributed by atoms with van der Waals surface area (Å²) in [6, 6.07) is 0. The summed E-state index contributed by atoms with van der Waals surface area (Å²) in [6.07, 6.45) is 9.64. The summed E-state index contributed by atoms with van der Waals surface area (Å²) in [6.45, 7) is 6.44. The number of Topliss-reactive ketones (excluding diaryl/α,β-unsaturated/α-hetero) is 1. The van der Waals surface area contributed by atoms with Crippen LogP contribution >= 0.6 is 0 Å². The van der Waals surface area contributed by atoms with Gasteiger partial charge in [0.25, 0.3) is 0 Å². The number of oxime groups is 1. The van der Waals surface area contributed by atoms with Gasteiger partial charge in [-0.25, -0.2) is 0 Å². The molecule has 5 aliphatic rings. The molecule has 28 heavy (non-hydrogen) atoms. The minimum Gasteiger partial charge on any atom is -0.391 e. The molecule has 1 aliphatic heterocycles. The van der Waals surface area contributed by atoms with Gasteiger partial charge in [0.2, 0.25) is 0 Å². The molecule has 2 N–H and O–H groups in total. The Morgan fingerprint density at radius 3 is 2.71 bits per heavy atom. The lowest BCUT2D eigenvalue weighted by Crippen LogP contribution is -2.62. The first kappa shape index (κ1) is 19.0. The predicted molar refractivity (Wildman–Crippen MR) is 108 cm³/mol. The van der Waals surface area contributed by atoms with E-state index in [9.17, 15) is 9.90 Å². The lowest BCUT2D eigenvalue weighted by molar-refractivity contribution is -0.188. The van der Waals surface area contributed by atoms with Crippen LogP contribution in [0.15, 0.2) is 5.16 Å². The molecule has 0 aromatic rings. The van der Waals surface area contributed by atoms with E-state index in [1.807, 2.05) is 0 Å². The molecule has 4 aliphatic carbocycles. The van der Waals surface area contributed by atoms with Gasteiger partial charge in [-0.3, -0.25) is 4.79 Å². The van der Waals surface area contributed by atoms with Crippen molar-refractivity contribution >= 4 is 11.5 Å². The number of carbonyl (C=O) groups excluding carboxylic acids is 1. The first-order valence-corrected chi connectivity index (χ1v) is 11.5. The van der Waals surface area contributed by atoms with Gasteiger partial charge in [-0.05, 0) is 69.2 Å². The number of nitrogens with one attached hydrogen (secondary N) is 1. The third-order valence-corrected chi connectivity index (χ3v) is 9.69. The molecule has 0 bridgehead atoms. The standard InChI is InChI=1S/C23H36N2O3/c1-21-9-7-19-17(18(21)3-4-20(21)26)6-11-23(27)13-15(5-10-22(19,23)2)25-28-16-8-12-24-14-16/h16-19,24,27H,3-14H2,1-2H3/b25-15+/t16-,17+,18+,19+,21+,22-,23-/m1/s1. The molecular weight excluding hydrogens is 352 g/mol. The largest absolute Gasteiger partial charge is 0.391 e. The van der Waals surface area contributed by atoms with Crippen molar-refractivity contribution in [2.24, 2.45) is 33.7 Å². The van der Waals surface area contributed by atoms with Crippen LogP contribution in [0, 0.1) is 28.6 Å². The number of carbonyl (C=O) groups is 1. The van der Waals surface area contributed by atoms with Crippen LogP contribution in [0.3, 0.4) is 0 Å². The fraction of sp³-hybridized carbons (Fsp3) is 0.913. The fourth-order valence-electron chi connectivity index (χ4n) is 7.77. The topological polar surface area (TPSA) is 70.9 Å². The van der Waals surface area contributed by atoms with Crippen molar-refractivity contribution in [1.29, 1.82) is 0 Å². The van der Waals surface area contributed by atoms with E-state index in [0.717, 1.165) is 76.6 Å². The molecule has 156 valence electrons. The molecule has 5 heteroatoms. The van der Waals surface area contributed by atoms with Gasteiger partial charge in [-0.15, -0.1) is 0 Å². The highest BCUT2D eigenvalue weighted by atomic mass is 16.6. The maximum Gasteiger partial charge on any atom is 0.141 e. The lowest BCUT2D eigenvalue weighted by Gasteiger charge is -2.62. The maximum absolute atomic E-state index is 12.6. The van der Waals surface area contributed by atoms with Crippen LogP contribution in [0.2, 0.25) is 0 Å². The predicted octanol–water partition coefficient (Wildman–Crippen LogP) is 3.45. The smallest absolute Gasteiger partial charge is 0.141 e. The summed E-state index contributed by atoms with van der Waals surface area (Å²) in [5, 5.41) is 19.6. The highest BCUT2D eigenvalue weighted by Gasteiger charge is 2.64. The summed E-state index contributed by atoms with van der Waals surface area (Å²) >= 11 is 0. The van der Waals surface area contributed by atoms with Crippen molar-refractivity contribution in [1.82, 2.24) is 5.32 Å². The normalized spacial score (nSPS) is 52.2. The molecule has 1 saturated heterocycles. The summed E-state index contributed by atoms with van der Waals surface area (Å²) in [5.74, 6) is 2.18. The maximum atomic E-state index is 12.6. The zero-order chi connectivity index (χ0) is 19.6. The Morgan fingerprint density at radius 1 is 1.07 bits per heavy atom. The minimum absolute atomic E-state index is 0.0587. The van der Waals surface area contributed by atoms with Crippen molar-refractivity contribution in [3.8, 4) is 0 Å². The zero-order valence-corrected chi connectivity index (χ0v) is 17.5. The number of rotatable bonds is 2. The van der Waals surface area contributed by atoms with Gasteiger partial charge in [0.15, 0.2) is 0 Å². The van der Waals surface area contributed by atoms with E-state index in [4.69, 9.17) is 4.84 Å². The third-order valence-electron chi connectivity index (χ3n) is 9.69. The summed E-state index contributed by atoms with van der Waals surface area (Å²) in [5.41, 5.74) is 0.231. The average molecular weight is 389 g/mol. The Labute approximate surface area is 168 Å². The van der Waals surface area contributed by atoms with E-state index in [1.54, 1.807) is 0 Å². The van der Waals surface area contributed by atoms with Gasteiger partial charge >= 0.3 is 0 Å². The second kappa shape index (κ2) is 6.53. The van der Waals surface area contributed by atoms with Crippen LogP contribution < -0.4 is 5.32 Å². The number of nitrogens with zero attached hydrogens (tertiary/aromatic N) is 1. The number of hydrogen-bond acceptors (Lipinski definition) is 5. The number of aliphatic hydroxyl groups is 1. The van der Waals surface area contributed by atoms with Crippen LogP contribution in [0.4, 0.5) is 0 Å². The molecule has 0 unspecified atom stereocenters. The fourth-order valence-corrected chi connectivity index (χ4v) is 7.77. The van der Waals surface area contributed by atoms with Crippen LogP contribution in [0.25, 0.3) is 0 Å². The molecule has 5 rings (SSSR count). The molecule has 0 aromatic carbocycles. The molecular formula is C23H36N2O3. The Bertz CT molecular complexity index is 687. The number of hydrogen-bond donors (Lipinski definition) is 2. The highest BCUT2D eigenvalue weighted by Crippen LogP contribution is 2.66. The lowest BCUT2D eigenvalue weighted by atomic mass is 9.43. The molecule has 4 saturated carbocycles. The summed E-state index contributed by atoms with van der Waals surface area (Å²) < 4.78 is 0. The summed E-state index contributed by atoms with van der Waals surface area (Å²) in [7, 11) is 0. The average Bonchev–Trinajstić information content (AvgIpc) is 3.29. The van der Waals surface area contributed by atoms with Crippen LogP contribution in [0.1, 0.15) is 78.1 Å². The zero-order valence-electron chi connectivity index (χ0n) is 17.5. The van der Waals surface area contributed by atoms with E-state index >= 15 is 0 Å². The molecule has 7 atom stereocenters. The van der Waals surface area contributed by atoms with Gasteiger partial charge in [0, 0.05) is 36.6 Å². The Morgan fingerprint density at radius 2 is 1.93 bits per heavy atom. The third kappa shape index (κ3) is 2.64. The van der Waals surface area contributed by atoms with E-state index in [2.05, 4.69) is 24.3 Å². The monoisotopic (exact) mass is 388 g/mol. The quantitative estimate of drug-likeness (QED) is 0.711. The Hall–Kier alpha value is -0.940. The van der Waals surface area contributed by atoms with E-state index in [1.165, 1.54) is 0 Å². The second-order valence-electron chi connectivity index (χ2n) is 10.8. The SMILES string of the molecule is C[C@]12CC[C@H]3[C@@H](CC[C@@]4(O)C/C(=N/O[C@@H]5CCNC5)CC[C@]34C)[C@@H]1CCC2=O. The Balaban J connectivity index is 1.35.